The summed E-state index contributed by atoms with van der Waals surface area (Å²) in [5, 5.41) is 11.1. The molecule has 1 aliphatic heterocycles. The van der Waals surface area contributed by atoms with Crippen molar-refractivity contribution in [3.05, 3.63) is 59.4 Å². The molecule has 0 aliphatic carbocycles. The zero-order valence-electron chi connectivity index (χ0n) is 16.9. The maximum Gasteiger partial charge on any atom is 0.295 e. The van der Waals surface area contributed by atoms with E-state index in [1.807, 2.05) is 4.57 Å². The quantitative estimate of drug-likeness (QED) is 0.474. The topological polar surface area (TPSA) is 88.5 Å². The monoisotopic (exact) mass is 440 g/mol. The molecule has 4 aromatic rings. The highest BCUT2D eigenvalue weighted by Gasteiger charge is 2.20. The van der Waals surface area contributed by atoms with E-state index >= 15 is 0 Å². The van der Waals surface area contributed by atoms with Gasteiger partial charge in [-0.25, -0.2) is 18.2 Å². The Morgan fingerprint density at radius 1 is 1.09 bits per heavy atom. The molecule has 2 N–H and O–H groups in total. The minimum absolute atomic E-state index is 0.254. The molecule has 2 aromatic heterocycles. The number of halogens is 3. The first-order chi connectivity index (χ1) is 15.5. The van der Waals surface area contributed by atoms with Gasteiger partial charge in [0.15, 0.2) is 11.6 Å². The maximum absolute atomic E-state index is 14.6. The Balaban J connectivity index is 1.42. The molecule has 32 heavy (non-hydrogen) atoms. The highest BCUT2D eigenvalue weighted by Crippen LogP contribution is 2.28. The molecule has 3 heterocycles. The third-order valence-corrected chi connectivity index (χ3v) is 5.54. The van der Waals surface area contributed by atoms with E-state index in [-0.39, 0.29) is 11.1 Å². The van der Waals surface area contributed by atoms with Gasteiger partial charge < -0.3 is 14.9 Å². The third-order valence-electron chi connectivity index (χ3n) is 5.54. The molecule has 7 nitrogen and oxygen atoms in total. The number of nitrogens with one attached hydrogen (secondary N) is 2. The minimum atomic E-state index is -2.73. The number of alkyl halides is 2. The van der Waals surface area contributed by atoms with Crippen molar-refractivity contribution in [3.8, 4) is 11.4 Å². The highest BCUT2D eigenvalue weighted by molar-refractivity contribution is 6.06. The number of benzene rings is 2. The Hall–Kier alpha value is -3.69. The molecule has 2 aromatic carbocycles. The first kappa shape index (κ1) is 20.2. The van der Waals surface area contributed by atoms with Gasteiger partial charge in [0.05, 0.1) is 16.6 Å². The van der Waals surface area contributed by atoms with E-state index in [1.54, 1.807) is 0 Å². The van der Waals surface area contributed by atoms with Crippen molar-refractivity contribution >= 4 is 22.6 Å². The van der Waals surface area contributed by atoms with Gasteiger partial charge >= 0.3 is 0 Å². The van der Waals surface area contributed by atoms with E-state index in [4.69, 9.17) is 0 Å². The molecule has 0 fully saturated rings. The van der Waals surface area contributed by atoms with Gasteiger partial charge in [-0.1, -0.05) is 6.42 Å². The van der Waals surface area contributed by atoms with Gasteiger partial charge in [-0.15, -0.1) is 10.2 Å². The number of anilines is 1. The van der Waals surface area contributed by atoms with Crippen LogP contribution in [0.2, 0.25) is 0 Å². The first-order valence-corrected chi connectivity index (χ1v) is 10.3. The molecule has 5 rings (SSSR count). The summed E-state index contributed by atoms with van der Waals surface area (Å²) in [6.07, 6.45) is 1.15. The summed E-state index contributed by atoms with van der Waals surface area (Å²) >= 11 is 0. The Labute approximate surface area is 180 Å². The SMILES string of the molecule is O=C(Nc1ccc(F)c(-c2nnc3n2CCCCC3)c1)c1ccc2nc(C(F)F)[nH]c2c1. The number of nitrogens with zero attached hydrogens (tertiary/aromatic N) is 4. The number of aryl methyl sites for hydroxylation is 1. The van der Waals surface area contributed by atoms with E-state index in [0.29, 0.717) is 22.5 Å². The van der Waals surface area contributed by atoms with Gasteiger partial charge in [0.2, 0.25) is 0 Å². The molecule has 0 saturated heterocycles. The molecule has 0 spiro atoms. The molecule has 1 amide bonds. The number of amides is 1. The van der Waals surface area contributed by atoms with E-state index in [9.17, 15) is 18.0 Å². The summed E-state index contributed by atoms with van der Waals surface area (Å²) in [5.41, 5.74) is 1.57. The average molecular weight is 440 g/mol. The average Bonchev–Trinajstić information content (AvgIpc) is 3.32. The lowest BCUT2D eigenvalue weighted by molar-refractivity contribution is 0.102. The zero-order chi connectivity index (χ0) is 22.2. The van der Waals surface area contributed by atoms with Gasteiger partial charge in [-0.05, 0) is 49.2 Å². The molecular formula is C22H19F3N6O. The van der Waals surface area contributed by atoms with Crippen LogP contribution >= 0.6 is 0 Å². The van der Waals surface area contributed by atoms with Crippen LogP contribution in [0, 0.1) is 5.82 Å². The Bertz CT molecular complexity index is 1310. The second-order valence-corrected chi connectivity index (χ2v) is 7.71. The fraction of sp³-hybridized carbons (Fsp3) is 0.273. The van der Waals surface area contributed by atoms with Gasteiger partial charge in [0.25, 0.3) is 12.3 Å². The summed E-state index contributed by atoms with van der Waals surface area (Å²) in [6.45, 7) is 0.721. The first-order valence-electron chi connectivity index (χ1n) is 10.3. The lowest BCUT2D eigenvalue weighted by Crippen LogP contribution is -2.12. The van der Waals surface area contributed by atoms with Gasteiger partial charge in [0, 0.05) is 24.2 Å². The van der Waals surface area contributed by atoms with Crippen LogP contribution in [0.3, 0.4) is 0 Å². The predicted molar refractivity (Wildman–Crippen MR) is 112 cm³/mol. The molecule has 0 radical (unpaired) electrons. The number of imidazole rings is 1. The number of aromatic nitrogens is 5. The number of hydrogen-bond donors (Lipinski definition) is 2. The van der Waals surface area contributed by atoms with Crippen molar-refractivity contribution in [3.63, 3.8) is 0 Å². The van der Waals surface area contributed by atoms with Crippen LogP contribution < -0.4 is 5.32 Å². The number of carbonyl (C=O) groups excluding carboxylic acids is 1. The van der Waals surface area contributed by atoms with Gasteiger partial charge in [0.1, 0.15) is 11.6 Å². The van der Waals surface area contributed by atoms with E-state index in [1.165, 1.54) is 36.4 Å². The number of aromatic amines is 1. The van der Waals surface area contributed by atoms with Crippen LogP contribution in [0.15, 0.2) is 36.4 Å². The fourth-order valence-electron chi connectivity index (χ4n) is 3.94. The number of fused-ring (bicyclic) bond motifs is 2. The number of carbonyl (C=O) groups is 1. The van der Waals surface area contributed by atoms with E-state index in [2.05, 4.69) is 25.5 Å². The number of hydrogen-bond acceptors (Lipinski definition) is 4. The van der Waals surface area contributed by atoms with Crippen molar-refractivity contribution in [2.75, 3.05) is 5.32 Å². The largest absolute Gasteiger partial charge is 0.337 e. The second-order valence-electron chi connectivity index (χ2n) is 7.71. The smallest absolute Gasteiger partial charge is 0.295 e. The second kappa shape index (κ2) is 8.10. The van der Waals surface area contributed by atoms with Crippen molar-refractivity contribution in [2.45, 2.75) is 38.7 Å². The summed E-state index contributed by atoms with van der Waals surface area (Å²) < 4.78 is 42.3. The lowest BCUT2D eigenvalue weighted by Gasteiger charge is -2.10. The van der Waals surface area contributed by atoms with Crippen LogP contribution in [0.5, 0.6) is 0 Å². The summed E-state index contributed by atoms with van der Waals surface area (Å²) in [7, 11) is 0. The summed E-state index contributed by atoms with van der Waals surface area (Å²) in [5.74, 6) is -0.0944. The Morgan fingerprint density at radius 3 is 2.81 bits per heavy atom. The number of H-pyrrole nitrogens is 1. The van der Waals surface area contributed by atoms with Crippen molar-refractivity contribution in [1.29, 1.82) is 0 Å². The molecule has 0 saturated carbocycles. The zero-order valence-corrected chi connectivity index (χ0v) is 16.9. The van der Waals surface area contributed by atoms with Crippen LogP contribution in [-0.2, 0) is 13.0 Å². The predicted octanol–water partition coefficient (Wildman–Crippen LogP) is 4.88. The molecule has 0 atom stereocenters. The summed E-state index contributed by atoms with van der Waals surface area (Å²) in [6, 6.07) is 8.70. The van der Waals surface area contributed by atoms with Crippen molar-refractivity contribution in [2.24, 2.45) is 0 Å². The van der Waals surface area contributed by atoms with Gasteiger partial charge in [-0.2, -0.15) is 0 Å². The Kier molecular flexibility index (Phi) is 5.12. The highest BCUT2D eigenvalue weighted by atomic mass is 19.3. The number of rotatable bonds is 4. The third kappa shape index (κ3) is 3.72. The standard InChI is InChI=1S/C22H19F3N6O/c23-15-7-6-13(11-14(15)21-30-29-18-4-2-1-3-9-31(18)21)26-22(32)12-5-8-16-17(10-12)28-20(27-16)19(24)25/h5-8,10-11,19H,1-4,9H2,(H,26,32)(H,27,28). The van der Waals surface area contributed by atoms with Gasteiger partial charge in [-0.3, -0.25) is 4.79 Å². The van der Waals surface area contributed by atoms with Crippen LogP contribution in [-0.4, -0.2) is 30.6 Å². The molecule has 164 valence electrons. The summed E-state index contributed by atoms with van der Waals surface area (Å²) in [4.78, 5) is 19.0. The normalized spacial score (nSPS) is 13.9. The van der Waals surface area contributed by atoms with Crippen LogP contribution in [0.4, 0.5) is 18.9 Å². The van der Waals surface area contributed by atoms with Crippen LogP contribution in [0.1, 0.15) is 47.7 Å². The van der Waals surface area contributed by atoms with E-state index in [0.717, 1.165) is 38.1 Å². The maximum atomic E-state index is 14.6. The molecule has 0 bridgehead atoms. The molecular weight excluding hydrogens is 421 g/mol. The molecule has 0 unspecified atom stereocenters. The van der Waals surface area contributed by atoms with Crippen molar-refractivity contribution in [1.82, 2.24) is 24.7 Å². The minimum Gasteiger partial charge on any atom is -0.337 e. The lowest BCUT2D eigenvalue weighted by atomic mass is 10.1. The fourth-order valence-corrected chi connectivity index (χ4v) is 3.94. The Morgan fingerprint density at radius 2 is 1.97 bits per heavy atom. The van der Waals surface area contributed by atoms with E-state index < -0.39 is 24.0 Å². The molecule has 1 aliphatic rings. The molecule has 10 heteroatoms. The van der Waals surface area contributed by atoms with Crippen molar-refractivity contribution < 1.29 is 18.0 Å². The van der Waals surface area contributed by atoms with Crippen LogP contribution in [0.25, 0.3) is 22.4 Å².